The van der Waals surface area contributed by atoms with Crippen LogP contribution < -0.4 is 10.1 Å². The van der Waals surface area contributed by atoms with Gasteiger partial charge in [-0.05, 0) is 61.9 Å². The zero-order valence-electron chi connectivity index (χ0n) is 11.1. The number of methoxy groups -OCH3 is 1. The number of benzene rings is 1. The van der Waals surface area contributed by atoms with Crippen molar-refractivity contribution >= 4 is 0 Å². The van der Waals surface area contributed by atoms with Crippen LogP contribution in [0.4, 0.5) is 0 Å². The average Bonchev–Trinajstić information content (AvgIpc) is 2.40. The highest BCUT2D eigenvalue weighted by atomic mass is 16.5. The fraction of sp³-hybridized carbons (Fsp3) is 0.600. The van der Waals surface area contributed by atoms with Crippen molar-refractivity contribution in [2.75, 3.05) is 14.2 Å². The van der Waals surface area contributed by atoms with Crippen molar-refractivity contribution in [2.24, 2.45) is 0 Å². The van der Waals surface area contributed by atoms with Gasteiger partial charge in [-0.2, -0.15) is 0 Å². The lowest BCUT2D eigenvalue weighted by Crippen LogP contribution is -2.33. The molecule has 2 unspecified atom stereocenters. The van der Waals surface area contributed by atoms with Crippen LogP contribution in [-0.2, 0) is 6.42 Å². The fourth-order valence-corrected chi connectivity index (χ4v) is 3.05. The second-order valence-electron chi connectivity index (χ2n) is 4.87. The highest BCUT2D eigenvalue weighted by Gasteiger charge is 2.26. The highest BCUT2D eigenvalue weighted by molar-refractivity contribution is 5.40. The van der Waals surface area contributed by atoms with Gasteiger partial charge in [-0.1, -0.05) is 13.0 Å². The van der Waals surface area contributed by atoms with Crippen LogP contribution in [0.3, 0.4) is 0 Å². The molecule has 0 aromatic heterocycles. The van der Waals surface area contributed by atoms with Crippen molar-refractivity contribution < 1.29 is 4.74 Å². The summed E-state index contributed by atoms with van der Waals surface area (Å²) in [5.41, 5.74) is 3.01. The number of fused-ring (bicyclic) bond motifs is 1. The number of ether oxygens (including phenoxy) is 1. The van der Waals surface area contributed by atoms with Gasteiger partial charge in [0.25, 0.3) is 0 Å². The van der Waals surface area contributed by atoms with Crippen molar-refractivity contribution in [2.45, 2.75) is 44.6 Å². The molecule has 0 amide bonds. The van der Waals surface area contributed by atoms with Crippen molar-refractivity contribution in [3.8, 4) is 5.75 Å². The number of hydrogen-bond donors (Lipinski definition) is 1. The number of aryl methyl sites for hydroxylation is 1. The first-order valence-corrected chi connectivity index (χ1v) is 6.64. The Morgan fingerprint density at radius 3 is 2.94 bits per heavy atom. The summed E-state index contributed by atoms with van der Waals surface area (Å²) in [5, 5.41) is 3.46. The van der Waals surface area contributed by atoms with Crippen LogP contribution in [-0.4, -0.2) is 20.2 Å². The van der Waals surface area contributed by atoms with Crippen LogP contribution in [0.25, 0.3) is 0 Å². The van der Waals surface area contributed by atoms with E-state index in [4.69, 9.17) is 4.74 Å². The summed E-state index contributed by atoms with van der Waals surface area (Å²) >= 11 is 0. The molecule has 94 valence electrons. The Bertz CT molecular complexity index is 371. The Labute approximate surface area is 104 Å². The van der Waals surface area contributed by atoms with Crippen LogP contribution in [0.1, 0.15) is 43.2 Å². The minimum atomic E-state index is 0.584. The summed E-state index contributed by atoms with van der Waals surface area (Å²) in [4.78, 5) is 0. The van der Waals surface area contributed by atoms with E-state index in [1.54, 1.807) is 7.11 Å². The lowest BCUT2D eigenvalue weighted by atomic mass is 9.78. The molecule has 0 heterocycles. The first-order chi connectivity index (χ1) is 8.30. The second kappa shape index (κ2) is 5.54. The molecule has 1 N–H and O–H groups in total. The average molecular weight is 233 g/mol. The van der Waals surface area contributed by atoms with Crippen LogP contribution in [0.2, 0.25) is 0 Å². The predicted octanol–water partition coefficient (Wildman–Crippen LogP) is 3.11. The number of hydrogen-bond acceptors (Lipinski definition) is 2. The lowest BCUT2D eigenvalue weighted by Gasteiger charge is -2.32. The minimum absolute atomic E-state index is 0.584. The zero-order chi connectivity index (χ0) is 12.3. The standard InChI is InChI=1S/C15H23NO/c1-4-15(16-2)13-7-5-6-11-8-9-12(17-3)10-14(11)13/h8-10,13,15-16H,4-7H2,1-3H3. The number of nitrogens with one attached hydrogen (secondary N) is 1. The molecule has 2 heteroatoms. The Morgan fingerprint density at radius 1 is 1.47 bits per heavy atom. The van der Waals surface area contributed by atoms with Gasteiger partial charge in [-0.3, -0.25) is 0 Å². The van der Waals surface area contributed by atoms with E-state index in [-0.39, 0.29) is 0 Å². The second-order valence-corrected chi connectivity index (χ2v) is 4.87. The molecule has 1 aromatic rings. The molecule has 1 aliphatic rings. The maximum absolute atomic E-state index is 5.36. The van der Waals surface area contributed by atoms with Gasteiger partial charge in [0.05, 0.1) is 7.11 Å². The van der Waals surface area contributed by atoms with Gasteiger partial charge in [-0.15, -0.1) is 0 Å². The molecule has 0 bridgehead atoms. The van der Waals surface area contributed by atoms with Crippen LogP contribution in [0.15, 0.2) is 18.2 Å². The Hall–Kier alpha value is -1.02. The van der Waals surface area contributed by atoms with Gasteiger partial charge < -0.3 is 10.1 Å². The normalized spacial score (nSPS) is 20.8. The molecule has 2 nitrogen and oxygen atoms in total. The van der Waals surface area contributed by atoms with Crippen molar-refractivity contribution in [1.29, 1.82) is 0 Å². The van der Waals surface area contributed by atoms with Gasteiger partial charge in [0.1, 0.15) is 5.75 Å². The summed E-state index contributed by atoms with van der Waals surface area (Å²) in [7, 11) is 3.82. The fourth-order valence-electron chi connectivity index (χ4n) is 3.05. The third-order valence-corrected chi connectivity index (χ3v) is 4.01. The third kappa shape index (κ3) is 2.47. The summed E-state index contributed by atoms with van der Waals surface area (Å²) in [6.07, 6.45) is 5.00. The summed E-state index contributed by atoms with van der Waals surface area (Å²) in [6, 6.07) is 7.14. The lowest BCUT2D eigenvalue weighted by molar-refractivity contribution is 0.393. The molecule has 2 atom stereocenters. The SMILES string of the molecule is CCC(NC)C1CCCc2ccc(OC)cc21. The number of rotatable bonds is 4. The third-order valence-electron chi connectivity index (χ3n) is 4.01. The molecule has 17 heavy (non-hydrogen) atoms. The van der Waals surface area contributed by atoms with Gasteiger partial charge in [-0.25, -0.2) is 0 Å². The van der Waals surface area contributed by atoms with E-state index >= 15 is 0 Å². The molecule has 0 fully saturated rings. The molecule has 0 saturated carbocycles. The van der Waals surface area contributed by atoms with E-state index in [0.717, 1.165) is 5.75 Å². The first-order valence-electron chi connectivity index (χ1n) is 6.64. The number of likely N-dealkylation sites (N-methyl/N-ethyl adjacent to an activating group) is 1. The quantitative estimate of drug-likeness (QED) is 0.862. The molecule has 1 aliphatic carbocycles. The van der Waals surface area contributed by atoms with Crippen LogP contribution in [0.5, 0.6) is 5.75 Å². The Balaban J connectivity index is 2.34. The molecule has 0 saturated heterocycles. The van der Waals surface area contributed by atoms with Crippen molar-refractivity contribution in [1.82, 2.24) is 5.32 Å². The predicted molar refractivity (Wildman–Crippen MR) is 71.8 cm³/mol. The van der Waals surface area contributed by atoms with Crippen LogP contribution >= 0.6 is 0 Å². The molecular weight excluding hydrogens is 210 g/mol. The molecule has 0 aliphatic heterocycles. The van der Waals surface area contributed by atoms with E-state index in [1.807, 2.05) is 0 Å². The Morgan fingerprint density at radius 2 is 2.29 bits per heavy atom. The summed E-state index contributed by atoms with van der Waals surface area (Å²) in [6.45, 7) is 2.26. The molecule has 1 aromatic carbocycles. The Kier molecular flexibility index (Phi) is 4.06. The largest absolute Gasteiger partial charge is 0.497 e. The summed E-state index contributed by atoms with van der Waals surface area (Å²) in [5.74, 6) is 1.63. The smallest absolute Gasteiger partial charge is 0.119 e. The monoisotopic (exact) mass is 233 g/mol. The van der Waals surface area contributed by atoms with Gasteiger partial charge in [0, 0.05) is 6.04 Å². The van der Waals surface area contributed by atoms with Crippen molar-refractivity contribution in [3.63, 3.8) is 0 Å². The first kappa shape index (κ1) is 12.4. The minimum Gasteiger partial charge on any atom is -0.497 e. The van der Waals surface area contributed by atoms with Crippen LogP contribution in [0, 0.1) is 0 Å². The molecule has 0 spiro atoms. The molecular formula is C15H23NO. The maximum atomic E-state index is 5.36. The van der Waals surface area contributed by atoms with Gasteiger partial charge in [0.2, 0.25) is 0 Å². The molecule has 2 rings (SSSR count). The maximum Gasteiger partial charge on any atom is 0.119 e. The van der Waals surface area contributed by atoms with Gasteiger partial charge in [0.15, 0.2) is 0 Å². The topological polar surface area (TPSA) is 21.3 Å². The van der Waals surface area contributed by atoms with E-state index < -0.39 is 0 Å². The highest BCUT2D eigenvalue weighted by Crippen LogP contribution is 2.36. The summed E-state index contributed by atoms with van der Waals surface area (Å²) < 4.78 is 5.36. The van der Waals surface area contributed by atoms with Crippen molar-refractivity contribution in [3.05, 3.63) is 29.3 Å². The van der Waals surface area contributed by atoms with E-state index in [2.05, 4.69) is 37.5 Å². The van der Waals surface area contributed by atoms with E-state index in [1.165, 1.54) is 36.8 Å². The zero-order valence-corrected chi connectivity index (χ0v) is 11.1. The molecule has 0 radical (unpaired) electrons. The van der Waals surface area contributed by atoms with E-state index in [9.17, 15) is 0 Å². The van der Waals surface area contributed by atoms with Gasteiger partial charge >= 0.3 is 0 Å². The van der Waals surface area contributed by atoms with E-state index in [0.29, 0.717) is 12.0 Å².